The second-order valence-electron chi connectivity index (χ2n) is 3.70. The Balaban J connectivity index is 2.55. The van der Waals surface area contributed by atoms with Crippen LogP contribution < -0.4 is 11.1 Å². The molecule has 1 amide bonds. The number of hydrogen-bond acceptors (Lipinski definition) is 3. The third-order valence-electron chi connectivity index (χ3n) is 2.27. The molecule has 0 heterocycles. The minimum absolute atomic E-state index is 0.00752. The van der Waals surface area contributed by atoms with Crippen LogP contribution in [0.1, 0.15) is 23.2 Å². The maximum Gasteiger partial charge on any atom is 0.251 e. The molecule has 4 N–H and O–H groups in total. The van der Waals surface area contributed by atoms with Crippen LogP contribution in [0.4, 0.5) is 13.2 Å². The third kappa shape index (κ3) is 4.16. The number of rotatable bonds is 5. The third-order valence-corrected chi connectivity index (χ3v) is 2.27. The Bertz CT molecular complexity index is 483. The standard InChI is InChI=1S/C11H12F3N3O2/c12-7-4-6(5-8(13)10(7)14)11(18)16-3-1-2-9(15)17-19/h4-5,19H,1-3H2,(H2,15,17)(H,16,18). The largest absolute Gasteiger partial charge is 0.409 e. The van der Waals surface area contributed by atoms with Crippen molar-refractivity contribution in [3.05, 3.63) is 35.1 Å². The molecule has 8 heteroatoms. The molecule has 0 atom stereocenters. The molecule has 0 aromatic heterocycles. The van der Waals surface area contributed by atoms with Crippen molar-refractivity contribution in [1.29, 1.82) is 0 Å². The van der Waals surface area contributed by atoms with Gasteiger partial charge in [0.15, 0.2) is 17.5 Å². The van der Waals surface area contributed by atoms with Crippen molar-refractivity contribution >= 4 is 11.7 Å². The van der Waals surface area contributed by atoms with Crippen molar-refractivity contribution < 1.29 is 23.2 Å². The van der Waals surface area contributed by atoms with Crippen molar-refractivity contribution in [3.63, 3.8) is 0 Å². The average Bonchev–Trinajstić information content (AvgIpc) is 2.39. The summed E-state index contributed by atoms with van der Waals surface area (Å²) in [5.41, 5.74) is 4.88. The monoisotopic (exact) mass is 275 g/mol. The Morgan fingerprint density at radius 3 is 2.42 bits per heavy atom. The maximum atomic E-state index is 12.9. The summed E-state index contributed by atoms with van der Waals surface area (Å²) in [4.78, 5) is 11.5. The number of carbonyl (C=O) groups excluding carboxylic acids is 1. The van der Waals surface area contributed by atoms with Gasteiger partial charge in [0.2, 0.25) is 0 Å². The quantitative estimate of drug-likeness (QED) is 0.189. The zero-order chi connectivity index (χ0) is 14.4. The van der Waals surface area contributed by atoms with Gasteiger partial charge in [0.05, 0.1) is 0 Å². The summed E-state index contributed by atoms with van der Waals surface area (Å²) in [5, 5.41) is 13.4. The number of oxime groups is 1. The molecule has 104 valence electrons. The fourth-order valence-electron chi connectivity index (χ4n) is 1.31. The van der Waals surface area contributed by atoms with Gasteiger partial charge in [0.1, 0.15) is 5.84 Å². The van der Waals surface area contributed by atoms with Gasteiger partial charge in [-0.05, 0) is 18.6 Å². The number of nitrogens with one attached hydrogen (secondary N) is 1. The van der Waals surface area contributed by atoms with Crippen LogP contribution in [-0.2, 0) is 0 Å². The molecule has 0 aliphatic rings. The number of hydrogen-bond donors (Lipinski definition) is 3. The van der Waals surface area contributed by atoms with Gasteiger partial charge >= 0.3 is 0 Å². The lowest BCUT2D eigenvalue weighted by atomic mass is 10.2. The smallest absolute Gasteiger partial charge is 0.251 e. The lowest BCUT2D eigenvalue weighted by Gasteiger charge is -2.05. The van der Waals surface area contributed by atoms with Gasteiger partial charge in [-0.15, -0.1) is 0 Å². The SMILES string of the molecule is NC(CCCNC(=O)c1cc(F)c(F)c(F)c1)=NO. The van der Waals surface area contributed by atoms with Crippen molar-refractivity contribution in [2.75, 3.05) is 6.54 Å². The Labute approximate surface area is 106 Å². The second kappa shape index (κ2) is 6.62. The molecule has 19 heavy (non-hydrogen) atoms. The number of nitrogens with two attached hydrogens (primary N) is 1. The van der Waals surface area contributed by atoms with E-state index in [-0.39, 0.29) is 24.4 Å². The first kappa shape index (κ1) is 14.8. The van der Waals surface area contributed by atoms with E-state index in [1.54, 1.807) is 0 Å². The highest BCUT2D eigenvalue weighted by Gasteiger charge is 2.14. The maximum absolute atomic E-state index is 12.9. The van der Waals surface area contributed by atoms with Gasteiger partial charge in [-0.1, -0.05) is 5.16 Å². The minimum atomic E-state index is -1.62. The molecule has 1 rings (SSSR count). The Kier molecular flexibility index (Phi) is 5.16. The van der Waals surface area contributed by atoms with Crippen molar-refractivity contribution in [2.45, 2.75) is 12.8 Å². The summed E-state index contributed by atoms with van der Waals surface area (Å²) in [6.07, 6.45) is 0.636. The highest BCUT2D eigenvalue weighted by molar-refractivity contribution is 5.94. The molecule has 5 nitrogen and oxygen atoms in total. The van der Waals surface area contributed by atoms with Crippen molar-refractivity contribution in [2.24, 2.45) is 10.9 Å². The van der Waals surface area contributed by atoms with E-state index in [0.29, 0.717) is 18.6 Å². The van der Waals surface area contributed by atoms with Crippen LogP contribution in [0, 0.1) is 17.5 Å². The van der Waals surface area contributed by atoms with E-state index in [1.165, 1.54) is 0 Å². The number of amides is 1. The van der Waals surface area contributed by atoms with E-state index >= 15 is 0 Å². The van der Waals surface area contributed by atoms with Gasteiger partial charge in [-0.2, -0.15) is 0 Å². The summed E-state index contributed by atoms with van der Waals surface area (Å²) in [6, 6.07) is 1.22. The number of nitrogens with zero attached hydrogens (tertiary/aromatic N) is 1. The van der Waals surface area contributed by atoms with Crippen molar-refractivity contribution in [1.82, 2.24) is 5.32 Å². The summed E-state index contributed by atoms with van der Waals surface area (Å²) in [6.45, 7) is 0.162. The molecule has 0 spiro atoms. The first-order valence-corrected chi connectivity index (χ1v) is 5.35. The zero-order valence-electron chi connectivity index (χ0n) is 9.79. The molecule has 0 saturated heterocycles. The minimum Gasteiger partial charge on any atom is -0.409 e. The summed E-state index contributed by atoms with van der Waals surface area (Å²) in [7, 11) is 0. The van der Waals surface area contributed by atoms with Crippen molar-refractivity contribution in [3.8, 4) is 0 Å². The topological polar surface area (TPSA) is 87.7 Å². The van der Waals surface area contributed by atoms with E-state index in [4.69, 9.17) is 10.9 Å². The number of amidine groups is 1. The molecule has 0 saturated carbocycles. The summed E-state index contributed by atoms with van der Waals surface area (Å²) >= 11 is 0. The van der Waals surface area contributed by atoms with Gasteiger partial charge < -0.3 is 16.3 Å². The van der Waals surface area contributed by atoms with E-state index in [0.717, 1.165) is 0 Å². The summed E-state index contributed by atoms with van der Waals surface area (Å²) < 4.78 is 38.4. The fraction of sp³-hybridized carbons (Fsp3) is 0.273. The number of halogens is 3. The van der Waals surface area contributed by atoms with Gasteiger partial charge in [0, 0.05) is 18.5 Å². The van der Waals surface area contributed by atoms with Crippen LogP contribution in [-0.4, -0.2) is 23.5 Å². The number of carbonyl (C=O) groups is 1. The molecule has 0 unspecified atom stereocenters. The highest BCUT2D eigenvalue weighted by atomic mass is 19.2. The van der Waals surface area contributed by atoms with Gasteiger partial charge in [-0.3, -0.25) is 4.79 Å². The fourth-order valence-corrected chi connectivity index (χ4v) is 1.31. The molecular formula is C11H12F3N3O2. The number of benzene rings is 1. The molecule has 0 aliphatic heterocycles. The molecule has 1 aromatic carbocycles. The molecular weight excluding hydrogens is 263 g/mol. The first-order chi connectivity index (χ1) is 8.95. The molecule has 0 radical (unpaired) electrons. The van der Waals surface area contributed by atoms with E-state index in [9.17, 15) is 18.0 Å². The predicted molar refractivity (Wildman–Crippen MR) is 61.3 cm³/mol. The van der Waals surface area contributed by atoms with Crippen LogP contribution >= 0.6 is 0 Å². The predicted octanol–water partition coefficient (Wildman–Crippen LogP) is 1.36. The Hall–Kier alpha value is -2.25. The molecule has 0 fully saturated rings. The van der Waals surface area contributed by atoms with Gasteiger partial charge in [0.25, 0.3) is 5.91 Å². The average molecular weight is 275 g/mol. The van der Waals surface area contributed by atoms with Crippen LogP contribution in [0.2, 0.25) is 0 Å². The highest BCUT2D eigenvalue weighted by Crippen LogP contribution is 2.13. The van der Waals surface area contributed by atoms with Crippen LogP contribution in [0.15, 0.2) is 17.3 Å². The van der Waals surface area contributed by atoms with E-state index in [2.05, 4.69) is 10.5 Å². The second-order valence-corrected chi connectivity index (χ2v) is 3.70. The normalized spacial score (nSPS) is 11.4. The van der Waals surface area contributed by atoms with Crippen LogP contribution in [0.5, 0.6) is 0 Å². The van der Waals surface area contributed by atoms with Crippen LogP contribution in [0.3, 0.4) is 0 Å². The molecule has 0 aliphatic carbocycles. The summed E-state index contributed by atoms with van der Waals surface area (Å²) in [5.74, 6) is -5.21. The molecule has 1 aromatic rings. The zero-order valence-corrected chi connectivity index (χ0v) is 9.79. The Morgan fingerprint density at radius 2 is 1.89 bits per heavy atom. The van der Waals surface area contributed by atoms with Gasteiger partial charge in [-0.25, -0.2) is 13.2 Å². The van der Waals surface area contributed by atoms with E-state index in [1.807, 2.05) is 0 Å². The van der Waals surface area contributed by atoms with Crippen LogP contribution in [0.25, 0.3) is 0 Å². The first-order valence-electron chi connectivity index (χ1n) is 5.35. The van der Waals surface area contributed by atoms with E-state index < -0.39 is 23.4 Å². The molecule has 0 bridgehead atoms. The Morgan fingerprint density at radius 1 is 1.32 bits per heavy atom. The lowest BCUT2D eigenvalue weighted by Crippen LogP contribution is -2.26. The lowest BCUT2D eigenvalue weighted by molar-refractivity contribution is 0.0952.